The predicted octanol–water partition coefficient (Wildman–Crippen LogP) is 2.93. The molecule has 3 N–H and O–H groups in total. The van der Waals surface area contributed by atoms with Crippen molar-refractivity contribution in [3.05, 3.63) is 53.0 Å². The molecular weight excluding hydrogens is 318 g/mol. The molecule has 3 rings (SSSR count). The Balaban J connectivity index is 1.87. The number of nitrogen functional groups attached to an aromatic ring is 1. The van der Waals surface area contributed by atoms with Crippen LogP contribution in [0.15, 0.2) is 41.2 Å². The van der Waals surface area contributed by atoms with Crippen LogP contribution < -0.4 is 11.1 Å². The molecule has 0 aliphatic carbocycles. The standard InChI is InChI=1S/C15H12ClN5O2/c1-8-10(7-23-21-8)15(22)20-12-6-18-13(14(17)19-12)9-4-2-3-5-11(9)16/h2-7H,1H3,(H3,17,19,20,22). The third-order valence-electron chi connectivity index (χ3n) is 3.16. The largest absolute Gasteiger partial charge is 0.382 e. The summed E-state index contributed by atoms with van der Waals surface area (Å²) in [7, 11) is 0. The number of aromatic nitrogens is 3. The van der Waals surface area contributed by atoms with Gasteiger partial charge in [-0.1, -0.05) is 35.0 Å². The van der Waals surface area contributed by atoms with E-state index in [1.54, 1.807) is 19.1 Å². The maximum Gasteiger partial charge on any atom is 0.262 e. The van der Waals surface area contributed by atoms with Crippen molar-refractivity contribution in [1.82, 2.24) is 15.1 Å². The molecule has 0 atom stereocenters. The Kier molecular flexibility index (Phi) is 3.94. The van der Waals surface area contributed by atoms with Crippen LogP contribution in [0, 0.1) is 6.92 Å². The average molecular weight is 330 g/mol. The lowest BCUT2D eigenvalue weighted by Gasteiger charge is -2.08. The van der Waals surface area contributed by atoms with Crippen LogP contribution in [0.25, 0.3) is 11.3 Å². The van der Waals surface area contributed by atoms with Crippen molar-refractivity contribution in [2.24, 2.45) is 0 Å². The highest BCUT2D eigenvalue weighted by molar-refractivity contribution is 6.33. The van der Waals surface area contributed by atoms with Gasteiger partial charge in [-0.15, -0.1) is 0 Å². The number of amides is 1. The quantitative estimate of drug-likeness (QED) is 0.765. The summed E-state index contributed by atoms with van der Waals surface area (Å²) in [6.45, 7) is 1.67. The van der Waals surface area contributed by atoms with Crippen molar-refractivity contribution in [3.8, 4) is 11.3 Å². The fraction of sp³-hybridized carbons (Fsp3) is 0.0667. The number of nitrogens with one attached hydrogen (secondary N) is 1. The minimum absolute atomic E-state index is 0.165. The molecule has 7 nitrogen and oxygen atoms in total. The minimum Gasteiger partial charge on any atom is -0.382 e. The zero-order valence-corrected chi connectivity index (χ0v) is 12.8. The van der Waals surface area contributed by atoms with Crippen LogP contribution in [0.2, 0.25) is 5.02 Å². The van der Waals surface area contributed by atoms with Crippen molar-refractivity contribution in [3.63, 3.8) is 0 Å². The second-order valence-electron chi connectivity index (χ2n) is 4.74. The lowest BCUT2D eigenvalue weighted by Crippen LogP contribution is -2.14. The Labute approximate surface area is 136 Å². The highest BCUT2D eigenvalue weighted by Crippen LogP contribution is 2.29. The van der Waals surface area contributed by atoms with Gasteiger partial charge in [0.2, 0.25) is 0 Å². The Morgan fingerprint density at radius 2 is 2.13 bits per heavy atom. The maximum atomic E-state index is 12.1. The van der Waals surface area contributed by atoms with Gasteiger partial charge in [0.15, 0.2) is 11.6 Å². The summed E-state index contributed by atoms with van der Waals surface area (Å²) in [5.74, 6) is -0.00946. The third-order valence-corrected chi connectivity index (χ3v) is 3.49. The number of carbonyl (C=O) groups is 1. The number of anilines is 2. The number of nitrogens with zero attached hydrogens (tertiary/aromatic N) is 3. The molecule has 0 aliphatic heterocycles. The van der Waals surface area contributed by atoms with Crippen molar-refractivity contribution < 1.29 is 9.32 Å². The highest BCUT2D eigenvalue weighted by atomic mass is 35.5. The molecule has 1 aromatic carbocycles. The molecule has 8 heteroatoms. The molecule has 0 saturated heterocycles. The van der Waals surface area contributed by atoms with Crippen LogP contribution >= 0.6 is 11.6 Å². The van der Waals surface area contributed by atoms with Crippen LogP contribution in [0.4, 0.5) is 11.6 Å². The van der Waals surface area contributed by atoms with Gasteiger partial charge >= 0.3 is 0 Å². The van der Waals surface area contributed by atoms with Crippen LogP contribution in [0.1, 0.15) is 16.1 Å². The number of aryl methyl sites for hydroxylation is 1. The Bertz CT molecular complexity index is 878. The first-order chi connectivity index (χ1) is 11.1. The Morgan fingerprint density at radius 1 is 1.35 bits per heavy atom. The van der Waals surface area contributed by atoms with E-state index in [1.165, 1.54) is 12.5 Å². The summed E-state index contributed by atoms with van der Waals surface area (Å²) in [5.41, 5.74) is 7.86. The van der Waals surface area contributed by atoms with Crippen LogP contribution in [0.5, 0.6) is 0 Å². The van der Waals surface area contributed by atoms with E-state index in [0.717, 1.165) is 0 Å². The topological polar surface area (TPSA) is 107 Å². The number of nitrogens with two attached hydrogens (primary N) is 1. The van der Waals surface area contributed by atoms with Gasteiger partial charge in [-0.2, -0.15) is 0 Å². The van der Waals surface area contributed by atoms with Gasteiger partial charge in [-0.05, 0) is 13.0 Å². The van der Waals surface area contributed by atoms with E-state index in [-0.39, 0.29) is 11.6 Å². The SMILES string of the molecule is Cc1nocc1C(=O)Nc1cnc(-c2ccccc2Cl)c(N)n1. The molecule has 1 amide bonds. The van der Waals surface area contributed by atoms with Gasteiger partial charge in [-0.25, -0.2) is 9.97 Å². The summed E-state index contributed by atoms with van der Waals surface area (Å²) >= 11 is 6.13. The zero-order chi connectivity index (χ0) is 16.4. The highest BCUT2D eigenvalue weighted by Gasteiger charge is 2.15. The first-order valence-corrected chi connectivity index (χ1v) is 7.04. The summed E-state index contributed by atoms with van der Waals surface area (Å²) in [4.78, 5) is 20.5. The molecule has 0 spiro atoms. The van der Waals surface area contributed by atoms with Gasteiger partial charge in [0.25, 0.3) is 5.91 Å². The normalized spacial score (nSPS) is 10.5. The molecule has 0 unspecified atom stereocenters. The molecule has 0 fully saturated rings. The van der Waals surface area contributed by atoms with E-state index in [2.05, 4.69) is 20.4 Å². The average Bonchev–Trinajstić information content (AvgIpc) is 2.95. The predicted molar refractivity (Wildman–Crippen MR) is 86.1 cm³/mol. The molecule has 3 aromatic rings. The van der Waals surface area contributed by atoms with E-state index in [1.807, 2.05) is 12.1 Å². The minimum atomic E-state index is -0.400. The van der Waals surface area contributed by atoms with Gasteiger partial charge in [-0.3, -0.25) is 4.79 Å². The Morgan fingerprint density at radius 3 is 2.78 bits per heavy atom. The van der Waals surface area contributed by atoms with Crippen molar-refractivity contribution in [1.29, 1.82) is 0 Å². The first-order valence-electron chi connectivity index (χ1n) is 6.66. The summed E-state index contributed by atoms with van der Waals surface area (Å²) < 4.78 is 4.73. The molecule has 0 aliphatic rings. The molecule has 23 heavy (non-hydrogen) atoms. The number of benzene rings is 1. The van der Waals surface area contributed by atoms with Gasteiger partial charge in [0, 0.05) is 5.56 Å². The number of rotatable bonds is 3. The zero-order valence-electron chi connectivity index (χ0n) is 12.1. The lowest BCUT2D eigenvalue weighted by molar-refractivity contribution is 0.102. The number of halogens is 1. The van der Waals surface area contributed by atoms with Gasteiger partial charge in [0.1, 0.15) is 17.5 Å². The fourth-order valence-corrected chi connectivity index (χ4v) is 2.24. The van der Waals surface area contributed by atoms with E-state index >= 15 is 0 Å². The van der Waals surface area contributed by atoms with Crippen LogP contribution in [-0.4, -0.2) is 21.0 Å². The summed E-state index contributed by atoms with van der Waals surface area (Å²) in [6.07, 6.45) is 2.68. The van der Waals surface area contributed by atoms with Gasteiger partial charge in [0.05, 0.1) is 16.9 Å². The third kappa shape index (κ3) is 3.00. The molecule has 0 saturated carbocycles. The van der Waals surface area contributed by atoms with Crippen molar-refractivity contribution >= 4 is 29.1 Å². The number of hydrogen-bond acceptors (Lipinski definition) is 6. The molecule has 0 bridgehead atoms. The molecule has 0 radical (unpaired) electrons. The molecular formula is C15H12ClN5O2. The van der Waals surface area contributed by atoms with E-state index < -0.39 is 5.91 Å². The van der Waals surface area contributed by atoms with Crippen LogP contribution in [0.3, 0.4) is 0 Å². The maximum absolute atomic E-state index is 12.1. The second kappa shape index (κ2) is 6.05. The van der Waals surface area contributed by atoms with Crippen molar-refractivity contribution in [2.45, 2.75) is 6.92 Å². The van der Waals surface area contributed by atoms with E-state index in [0.29, 0.717) is 27.5 Å². The number of carbonyl (C=O) groups excluding carboxylic acids is 1. The molecule has 2 aromatic heterocycles. The Hall–Kier alpha value is -2.93. The van der Waals surface area contributed by atoms with Crippen molar-refractivity contribution in [2.75, 3.05) is 11.1 Å². The fourth-order valence-electron chi connectivity index (χ4n) is 2.02. The smallest absolute Gasteiger partial charge is 0.262 e. The van der Waals surface area contributed by atoms with E-state index in [9.17, 15) is 4.79 Å². The second-order valence-corrected chi connectivity index (χ2v) is 5.14. The van der Waals surface area contributed by atoms with E-state index in [4.69, 9.17) is 21.9 Å². The van der Waals surface area contributed by atoms with Gasteiger partial charge < -0.3 is 15.6 Å². The molecule has 116 valence electrons. The summed E-state index contributed by atoms with van der Waals surface area (Å²) in [5, 5.41) is 6.76. The van der Waals surface area contributed by atoms with Crippen LogP contribution in [-0.2, 0) is 0 Å². The monoisotopic (exact) mass is 329 g/mol. The summed E-state index contributed by atoms with van der Waals surface area (Å²) in [6, 6.07) is 7.17. The molecule has 2 heterocycles. The lowest BCUT2D eigenvalue weighted by atomic mass is 10.1. The first kappa shape index (κ1) is 15.0. The number of hydrogen-bond donors (Lipinski definition) is 2.